The number of hydrogen-bond acceptors (Lipinski definition) is 5. The number of nitrogens with one attached hydrogen (secondary N) is 1. The third-order valence-corrected chi connectivity index (χ3v) is 6.54. The summed E-state index contributed by atoms with van der Waals surface area (Å²) in [6.07, 6.45) is 0. The van der Waals surface area contributed by atoms with Gasteiger partial charge in [0.15, 0.2) is 0 Å². The summed E-state index contributed by atoms with van der Waals surface area (Å²) in [5.41, 5.74) is 1.48. The van der Waals surface area contributed by atoms with Gasteiger partial charge in [0.1, 0.15) is 10.6 Å². The summed E-state index contributed by atoms with van der Waals surface area (Å²) in [5, 5.41) is 0. The van der Waals surface area contributed by atoms with Crippen LogP contribution in [0.25, 0.3) is 0 Å². The summed E-state index contributed by atoms with van der Waals surface area (Å²) in [6.45, 7) is 8.23. The average molecular weight is 432 g/mol. The molecule has 0 spiro atoms. The molecule has 0 saturated carbocycles. The van der Waals surface area contributed by atoms with E-state index in [2.05, 4.69) is 21.8 Å². The van der Waals surface area contributed by atoms with Gasteiger partial charge in [0.25, 0.3) is 5.91 Å². The molecule has 8 heteroatoms. The Morgan fingerprint density at radius 3 is 2.33 bits per heavy atom. The number of nitrogens with zero attached hydrogens (tertiary/aromatic N) is 2. The van der Waals surface area contributed by atoms with Crippen LogP contribution in [0, 0.1) is 0 Å². The summed E-state index contributed by atoms with van der Waals surface area (Å²) < 4.78 is 33.6. The highest BCUT2D eigenvalue weighted by atomic mass is 32.2. The fraction of sp³-hybridized carbons (Fsp3) is 0.409. The summed E-state index contributed by atoms with van der Waals surface area (Å²) in [6, 6.07) is 14.4. The van der Waals surface area contributed by atoms with Crippen LogP contribution < -0.4 is 14.4 Å². The van der Waals surface area contributed by atoms with Crippen molar-refractivity contribution in [1.82, 2.24) is 9.62 Å². The summed E-state index contributed by atoms with van der Waals surface area (Å²) in [4.78, 5) is 17.1. The molecule has 0 unspecified atom stereocenters. The smallest absolute Gasteiger partial charge is 0.254 e. The van der Waals surface area contributed by atoms with Crippen molar-refractivity contribution in [2.75, 3.05) is 37.7 Å². The lowest BCUT2D eigenvalue weighted by Crippen LogP contribution is -2.48. The number of sulfonamides is 1. The Morgan fingerprint density at radius 1 is 1.07 bits per heavy atom. The third-order valence-electron chi connectivity index (χ3n) is 4.86. The fourth-order valence-electron chi connectivity index (χ4n) is 3.49. The van der Waals surface area contributed by atoms with Crippen molar-refractivity contribution < 1.29 is 17.9 Å². The van der Waals surface area contributed by atoms with Crippen LogP contribution in [0.1, 0.15) is 31.1 Å². The number of carbonyl (C=O) groups is 1. The minimum absolute atomic E-state index is 0.00757. The number of benzene rings is 2. The van der Waals surface area contributed by atoms with Gasteiger partial charge in [-0.2, -0.15) is 0 Å². The normalized spacial score (nSPS) is 14.8. The molecule has 0 bridgehead atoms. The molecule has 1 aliphatic heterocycles. The van der Waals surface area contributed by atoms with Gasteiger partial charge >= 0.3 is 0 Å². The van der Waals surface area contributed by atoms with Gasteiger partial charge in [-0.05, 0) is 51.1 Å². The fourth-order valence-corrected chi connectivity index (χ4v) is 4.91. The number of para-hydroxylation sites is 1. The number of amides is 1. The summed E-state index contributed by atoms with van der Waals surface area (Å²) in [7, 11) is -3.80. The molecule has 1 fully saturated rings. The Morgan fingerprint density at radius 2 is 1.73 bits per heavy atom. The van der Waals surface area contributed by atoms with Gasteiger partial charge < -0.3 is 14.5 Å². The maximum atomic E-state index is 13.1. The van der Waals surface area contributed by atoms with Crippen molar-refractivity contribution in [2.24, 2.45) is 0 Å². The molecule has 162 valence electrons. The first-order valence-corrected chi connectivity index (χ1v) is 11.7. The van der Waals surface area contributed by atoms with Gasteiger partial charge in [0.05, 0.1) is 6.61 Å². The van der Waals surface area contributed by atoms with E-state index < -0.39 is 10.0 Å². The van der Waals surface area contributed by atoms with E-state index in [1.165, 1.54) is 6.07 Å². The highest BCUT2D eigenvalue weighted by molar-refractivity contribution is 7.89. The molecule has 0 radical (unpaired) electrons. The SMILES string of the molecule is CCOc1ccc(C(=O)N2CCN(c3ccccc3)CC2)cc1S(=O)(=O)NC(C)C. The zero-order valence-electron chi connectivity index (χ0n) is 17.7. The summed E-state index contributed by atoms with van der Waals surface area (Å²) in [5.74, 6) is 0.0721. The van der Waals surface area contributed by atoms with Crippen molar-refractivity contribution in [3.8, 4) is 5.75 Å². The zero-order valence-corrected chi connectivity index (χ0v) is 18.5. The van der Waals surface area contributed by atoms with Crippen LogP contribution in [0.15, 0.2) is 53.4 Å². The molecule has 1 aliphatic rings. The Balaban J connectivity index is 1.79. The number of anilines is 1. The van der Waals surface area contributed by atoms with Crippen molar-refractivity contribution in [3.63, 3.8) is 0 Å². The van der Waals surface area contributed by atoms with E-state index in [-0.39, 0.29) is 22.6 Å². The van der Waals surface area contributed by atoms with Crippen LogP contribution in [-0.2, 0) is 10.0 Å². The topological polar surface area (TPSA) is 79.0 Å². The molecule has 7 nitrogen and oxygen atoms in total. The van der Waals surface area contributed by atoms with Crippen molar-refractivity contribution >= 4 is 21.6 Å². The van der Waals surface area contributed by atoms with Gasteiger partial charge in [-0.3, -0.25) is 4.79 Å². The Bertz CT molecular complexity index is 969. The minimum atomic E-state index is -3.80. The van der Waals surface area contributed by atoms with E-state index in [1.807, 2.05) is 18.2 Å². The molecule has 30 heavy (non-hydrogen) atoms. The lowest BCUT2D eigenvalue weighted by Gasteiger charge is -2.36. The van der Waals surface area contributed by atoms with Crippen LogP contribution in [-0.4, -0.2) is 58.1 Å². The molecule has 3 rings (SSSR count). The van der Waals surface area contributed by atoms with Crippen LogP contribution in [0.2, 0.25) is 0 Å². The molecule has 0 aromatic heterocycles. The van der Waals surface area contributed by atoms with Crippen molar-refractivity contribution in [1.29, 1.82) is 0 Å². The van der Waals surface area contributed by atoms with E-state index in [4.69, 9.17) is 4.74 Å². The number of ether oxygens (including phenoxy) is 1. The molecule has 2 aromatic rings. The number of piperazine rings is 1. The predicted octanol–water partition coefficient (Wildman–Crippen LogP) is 2.73. The monoisotopic (exact) mass is 431 g/mol. The van der Waals surface area contributed by atoms with Crippen LogP contribution in [0.3, 0.4) is 0 Å². The molecule has 1 amide bonds. The molecule has 1 N–H and O–H groups in total. The van der Waals surface area contributed by atoms with Gasteiger partial charge in [0, 0.05) is 43.5 Å². The Hall–Kier alpha value is -2.58. The second kappa shape index (κ2) is 9.49. The number of hydrogen-bond donors (Lipinski definition) is 1. The minimum Gasteiger partial charge on any atom is -0.492 e. The van der Waals surface area contributed by atoms with E-state index in [1.54, 1.807) is 37.8 Å². The van der Waals surface area contributed by atoms with Crippen molar-refractivity contribution in [3.05, 3.63) is 54.1 Å². The molecule has 1 saturated heterocycles. The second-order valence-electron chi connectivity index (χ2n) is 7.49. The Kier molecular flexibility index (Phi) is 6.99. The standard InChI is InChI=1S/C22H29N3O4S/c1-4-29-20-11-10-18(16-21(20)30(27,28)23-17(2)3)22(26)25-14-12-24(13-15-25)19-8-6-5-7-9-19/h5-11,16-17,23H,4,12-15H2,1-3H3. The van der Waals surface area contributed by atoms with Crippen molar-refractivity contribution in [2.45, 2.75) is 31.7 Å². The van der Waals surface area contributed by atoms with Gasteiger partial charge in [-0.1, -0.05) is 18.2 Å². The van der Waals surface area contributed by atoms with Crippen LogP contribution in [0.5, 0.6) is 5.75 Å². The number of rotatable bonds is 7. The lowest BCUT2D eigenvalue weighted by atomic mass is 10.1. The largest absolute Gasteiger partial charge is 0.492 e. The first-order chi connectivity index (χ1) is 14.3. The molecular formula is C22H29N3O4S. The average Bonchev–Trinajstić information content (AvgIpc) is 2.73. The molecule has 1 heterocycles. The lowest BCUT2D eigenvalue weighted by molar-refractivity contribution is 0.0746. The zero-order chi connectivity index (χ0) is 21.7. The molecule has 0 atom stereocenters. The van der Waals surface area contributed by atoms with Gasteiger partial charge in [-0.15, -0.1) is 0 Å². The predicted molar refractivity (Wildman–Crippen MR) is 118 cm³/mol. The van der Waals surface area contributed by atoms with Crippen LogP contribution >= 0.6 is 0 Å². The van der Waals surface area contributed by atoms with E-state index in [0.29, 0.717) is 25.3 Å². The van der Waals surface area contributed by atoms with E-state index >= 15 is 0 Å². The molecule has 0 aliphatic carbocycles. The van der Waals surface area contributed by atoms with E-state index in [0.717, 1.165) is 18.8 Å². The highest BCUT2D eigenvalue weighted by Gasteiger charge is 2.26. The first-order valence-electron chi connectivity index (χ1n) is 10.2. The second-order valence-corrected chi connectivity index (χ2v) is 9.17. The van der Waals surface area contributed by atoms with Gasteiger partial charge in [0.2, 0.25) is 10.0 Å². The first kappa shape index (κ1) is 22.1. The van der Waals surface area contributed by atoms with E-state index in [9.17, 15) is 13.2 Å². The maximum absolute atomic E-state index is 13.1. The van der Waals surface area contributed by atoms with Crippen LogP contribution in [0.4, 0.5) is 5.69 Å². The Labute approximate surface area is 178 Å². The quantitative estimate of drug-likeness (QED) is 0.729. The molecular weight excluding hydrogens is 402 g/mol. The van der Waals surface area contributed by atoms with Gasteiger partial charge in [-0.25, -0.2) is 13.1 Å². The highest BCUT2D eigenvalue weighted by Crippen LogP contribution is 2.26. The molecule has 2 aromatic carbocycles. The maximum Gasteiger partial charge on any atom is 0.254 e. The number of carbonyl (C=O) groups excluding carboxylic acids is 1. The summed E-state index contributed by atoms with van der Waals surface area (Å²) >= 11 is 0. The third kappa shape index (κ3) is 5.12.